The summed E-state index contributed by atoms with van der Waals surface area (Å²) in [5.41, 5.74) is 5.63. The van der Waals surface area contributed by atoms with Gasteiger partial charge in [-0.2, -0.15) is 4.31 Å². The first-order valence-electron chi connectivity index (χ1n) is 5.15. The lowest BCUT2D eigenvalue weighted by Gasteiger charge is -2.26. The van der Waals surface area contributed by atoms with Gasteiger partial charge in [0.15, 0.2) is 0 Å². The summed E-state index contributed by atoms with van der Waals surface area (Å²) in [6.07, 6.45) is 0. The molecule has 0 saturated carbocycles. The van der Waals surface area contributed by atoms with Crippen molar-refractivity contribution in [1.29, 1.82) is 0 Å². The van der Waals surface area contributed by atoms with E-state index in [-0.39, 0.29) is 23.7 Å². The Morgan fingerprint density at radius 2 is 1.94 bits per heavy atom. The first-order valence-corrected chi connectivity index (χ1v) is 6.59. The molecule has 0 amide bonds. The van der Waals surface area contributed by atoms with Crippen LogP contribution in [-0.2, 0) is 14.8 Å². The second-order valence-electron chi connectivity index (χ2n) is 3.70. The van der Waals surface area contributed by atoms with E-state index < -0.39 is 15.8 Å². The molecular formula is C10H13FN2O3S. The maximum Gasteiger partial charge on any atom is 0.245 e. The van der Waals surface area contributed by atoms with Gasteiger partial charge >= 0.3 is 0 Å². The normalized spacial score (nSPS) is 18.2. The summed E-state index contributed by atoms with van der Waals surface area (Å²) in [5, 5.41) is 0. The lowest BCUT2D eigenvalue weighted by molar-refractivity contribution is 0.0730. The molecule has 0 unspecified atom stereocenters. The van der Waals surface area contributed by atoms with Gasteiger partial charge in [-0.25, -0.2) is 12.8 Å². The predicted molar refractivity (Wildman–Crippen MR) is 60.4 cm³/mol. The van der Waals surface area contributed by atoms with E-state index in [0.29, 0.717) is 13.2 Å². The number of anilines is 1. The molecule has 1 saturated heterocycles. The number of hydrogen-bond donors (Lipinski definition) is 1. The van der Waals surface area contributed by atoms with Gasteiger partial charge in [0.05, 0.1) is 18.9 Å². The SMILES string of the molecule is Nc1ccc(F)cc1S(=O)(=O)N1CCOCC1. The average molecular weight is 260 g/mol. The Labute approximate surface area is 99.0 Å². The van der Waals surface area contributed by atoms with Crippen molar-refractivity contribution in [3.05, 3.63) is 24.0 Å². The van der Waals surface area contributed by atoms with Crippen molar-refractivity contribution >= 4 is 15.7 Å². The molecular weight excluding hydrogens is 247 g/mol. The quantitative estimate of drug-likeness (QED) is 0.783. The molecule has 1 aromatic rings. The zero-order valence-electron chi connectivity index (χ0n) is 9.10. The molecule has 0 bridgehead atoms. The highest BCUT2D eigenvalue weighted by molar-refractivity contribution is 7.89. The fourth-order valence-corrected chi connectivity index (χ4v) is 3.19. The lowest BCUT2D eigenvalue weighted by atomic mass is 10.3. The van der Waals surface area contributed by atoms with Crippen LogP contribution in [0.15, 0.2) is 23.1 Å². The number of nitrogens with zero attached hydrogens (tertiary/aromatic N) is 1. The molecule has 2 N–H and O–H groups in total. The second-order valence-corrected chi connectivity index (χ2v) is 5.60. The molecule has 7 heteroatoms. The second kappa shape index (κ2) is 4.59. The van der Waals surface area contributed by atoms with Gasteiger partial charge in [0.1, 0.15) is 10.7 Å². The first-order chi connectivity index (χ1) is 8.01. The number of sulfonamides is 1. The number of nitrogen functional groups attached to an aromatic ring is 1. The summed E-state index contributed by atoms with van der Waals surface area (Å²) >= 11 is 0. The summed E-state index contributed by atoms with van der Waals surface area (Å²) in [6, 6.07) is 3.33. The molecule has 17 heavy (non-hydrogen) atoms. The highest BCUT2D eigenvalue weighted by Gasteiger charge is 2.28. The molecule has 0 aromatic heterocycles. The molecule has 0 radical (unpaired) electrons. The molecule has 1 aliphatic heterocycles. The third kappa shape index (κ3) is 2.41. The van der Waals surface area contributed by atoms with Crippen LogP contribution in [0.5, 0.6) is 0 Å². The zero-order chi connectivity index (χ0) is 12.5. The van der Waals surface area contributed by atoms with E-state index in [1.54, 1.807) is 0 Å². The van der Waals surface area contributed by atoms with Crippen LogP contribution in [0.2, 0.25) is 0 Å². The van der Waals surface area contributed by atoms with Gasteiger partial charge in [-0.3, -0.25) is 0 Å². The topological polar surface area (TPSA) is 72.6 Å². The van der Waals surface area contributed by atoms with Gasteiger partial charge in [-0.1, -0.05) is 0 Å². The molecule has 94 valence electrons. The molecule has 1 fully saturated rings. The van der Waals surface area contributed by atoms with E-state index in [4.69, 9.17) is 10.5 Å². The Kier molecular flexibility index (Phi) is 3.32. The average Bonchev–Trinajstić information content (AvgIpc) is 2.33. The van der Waals surface area contributed by atoms with Gasteiger partial charge in [-0.15, -0.1) is 0 Å². The summed E-state index contributed by atoms with van der Waals surface area (Å²) in [6.45, 7) is 1.21. The standard InChI is InChI=1S/C10H13FN2O3S/c11-8-1-2-9(12)10(7-8)17(14,15)13-3-5-16-6-4-13/h1-2,7H,3-6,12H2. The summed E-state index contributed by atoms with van der Waals surface area (Å²) < 4.78 is 43.8. The minimum atomic E-state index is -3.73. The number of nitrogens with two attached hydrogens (primary N) is 1. The Morgan fingerprint density at radius 1 is 1.29 bits per heavy atom. The number of rotatable bonds is 2. The Bertz CT molecular complexity index is 512. The molecule has 2 rings (SSSR count). The Balaban J connectivity index is 2.40. The van der Waals surface area contributed by atoms with Gasteiger partial charge in [0.2, 0.25) is 10.0 Å². The van der Waals surface area contributed by atoms with Crippen molar-refractivity contribution in [2.75, 3.05) is 32.0 Å². The highest BCUT2D eigenvalue weighted by atomic mass is 32.2. The zero-order valence-corrected chi connectivity index (χ0v) is 9.91. The van der Waals surface area contributed by atoms with Crippen LogP contribution in [-0.4, -0.2) is 39.0 Å². The molecule has 1 aliphatic rings. The van der Waals surface area contributed by atoms with E-state index in [1.807, 2.05) is 0 Å². The number of hydrogen-bond acceptors (Lipinski definition) is 4. The molecule has 1 aromatic carbocycles. The van der Waals surface area contributed by atoms with Crippen LogP contribution < -0.4 is 5.73 Å². The third-order valence-electron chi connectivity index (χ3n) is 2.56. The van der Waals surface area contributed by atoms with Crippen LogP contribution in [0, 0.1) is 5.82 Å². The van der Waals surface area contributed by atoms with E-state index in [9.17, 15) is 12.8 Å². The van der Waals surface area contributed by atoms with Crippen molar-refractivity contribution in [2.45, 2.75) is 4.90 Å². The minimum Gasteiger partial charge on any atom is -0.398 e. The van der Waals surface area contributed by atoms with Crippen LogP contribution in [0.3, 0.4) is 0 Å². The van der Waals surface area contributed by atoms with Crippen molar-refractivity contribution in [3.8, 4) is 0 Å². The summed E-state index contributed by atoms with van der Waals surface area (Å²) in [5.74, 6) is -0.619. The molecule has 5 nitrogen and oxygen atoms in total. The minimum absolute atomic E-state index is 0.0536. The Morgan fingerprint density at radius 3 is 2.59 bits per heavy atom. The molecule has 1 heterocycles. The summed E-state index contributed by atoms with van der Waals surface area (Å²) in [4.78, 5) is -0.181. The third-order valence-corrected chi connectivity index (χ3v) is 4.52. The van der Waals surface area contributed by atoms with Gasteiger partial charge < -0.3 is 10.5 Å². The maximum absolute atomic E-state index is 13.1. The lowest BCUT2D eigenvalue weighted by Crippen LogP contribution is -2.40. The van der Waals surface area contributed by atoms with E-state index >= 15 is 0 Å². The smallest absolute Gasteiger partial charge is 0.245 e. The number of ether oxygens (including phenoxy) is 1. The maximum atomic E-state index is 13.1. The number of halogens is 1. The van der Waals surface area contributed by atoms with Crippen LogP contribution in [0.25, 0.3) is 0 Å². The van der Waals surface area contributed by atoms with Gasteiger partial charge in [0, 0.05) is 13.1 Å². The van der Waals surface area contributed by atoms with E-state index in [0.717, 1.165) is 12.1 Å². The molecule has 0 spiro atoms. The Hall–Kier alpha value is -1.18. The van der Waals surface area contributed by atoms with Crippen molar-refractivity contribution in [3.63, 3.8) is 0 Å². The van der Waals surface area contributed by atoms with Gasteiger partial charge in [0.25, 0.3) is 0 Å². The number of benzene rings is 1. The van der Waals surface area contributed by atoms with Crippen LogP contribution in [0.1, 0.15) is 0 Å². The van der Waals surface area contributed by atoms with Crippen molar-refractivity contribution in [2.24, 2.45) is 0 Å². The van der Waals surface area contributed by atoms with Gasteiger partial charge in [-0.05, 0) is 18.2 Å². The number of morpholine rings is 1. The fraction of sp³-hybridized carbons (Fsp3) is 0.400. The van der Waals surface area contributed by atoms with E-state index in [2.05, 4.69) is 0 Å². The molecule has 0 atom stereocenters. The predicted octanol–water partition coefficient (Wildman–Crippen LogP) is 0.429. The van der Waals surface area contributed by atoms with Crippen LogP contribution >= 0.6 is 0 Å². The van der Waals surface area contributed by atoms with Crippen molar-refractivity contribution in [1.82, 2.24) is 4.31 Å². The largest absolute Gasteiger partial charge is 0.398 e. The van der Waals surface area contributed by atoms with Crippen molar-refractivity contribution < 1.29 is 17.5 Å². The first kappa shape index (κ1) is 12.3. The van der Waals surface area contributed by atoms with Crippen LogP contribution in [0.4, 0.5) is 10.1 Å². The molecule has 0 aliphatic carbocycles. The monoisotopic (exact) mass is 260 g/mol. The summed E-state index contributed by atoms with van der Waals surface area (Å²) in [7, 11) is -3.73. The van der Waals surface area contributed by atoms with E-state index in [1.165, 1.54) is 10.4 Å². The fourth-order valence-electron chi connectivity index (χ4n) is 1.66. The highest BCUT2D eigenvalue weighted by Crippen LogP contribution is 2.23.